The van der Waals surface area contributed by atoms with E-state index in [2.05, 4.69) is 4.98 Å². The van der Waals surface area contributed by atoms with Gasteiger partial charge in [0.05, 0.1) is 6.54 Å². The van der Waals surface area contributed by atoms with Crippen molar-refractivity contribution in [2.24, 2.45) is 0 Å². The Morgan fingerprint density at radius 3 is 3.06 bits per heavy atom. The molecule has 2 aliphatic rings. The van der Waals surface area contributed by atoms with Gasteiger partial charge in [0.2, 0.25) is 0 Å². The highest BCUT2D eigenvalue weighted by atomic mass is 16.5. The third kappa shape index (κ3) is 1.56. The first-order valence-corrected chi connectivity index (χ1v) is 5.47. The summed E-state index contributed by atoms with van der Waals surface area (Å²) in [6.45, 7) is 0.840. The number of carbonyl (C=O) groups is 1. The van der Waals surface area contributed by atoms with Crippen LogP contribution in [0.1, 0.15) is 12.0 Å². The zero-order valence-corrected chi connectivity index (χ0v) is 9.10. The zero-order chi connectivity index (χ0) is 12.0. The van der Waals surface area contributed by atoms with Crippen LogP contribution in [0, 0.1) is 0 Å². The fourth-order valence-electron chi connectivity index (χ4n) is 2.55. The van der Waals surface area contributed by atoms with Crippen LogP contribution in [0.5, 0.6) is 5.88 Å². The molecule has 6 nitrogen and oxygen atoms in total. The number of aromatic amines is 1. The van der Waals surface area contributed by atoms with Crippen LogP contribution in [0.2, 0.25) is 0 Å². The third-order valence-electron chi connectivity index (χ3n) is 3.38. The van der Waals surface area contributed by atoms with E-state index >= 15 is 0 Å². The van der Waals surface area contributed by atoms with E-state index in [4.69, 9.17) is 9.84 Å². The average molecular weight is 236 g/mol. The molecule has 0 saturated carbocycles. The molecule has 17 heavy (non-hydrogen) atoms. The Kier molecular flexibility index (Phi) is 1.95. The lowest BCUT2D eigenvalue weighted by atomic mass is 9.97. The van der Waals surface area contributed by atoms with Crippen LogP contribution in [0.15, 0.2) is 16.9 Å². The lowest BCUT2D eigenvalue weighted by molar-refractivity contribution is 0.0927. The average Bonchev–Trinajstić information content (AvgIpc) is 2.82. The molecule has 1 spiro atoms. The topological polar surface area (TPSA) is 82.6 Å². The van der Waals surface area contributed by atoms with Gasteiger partial charge in [-0.2, -0.15) is 0 Å². The first-order chi connectivity index (χ1) is 8.08. The molecule has 0 bridgehead atoms. The Morgan fingerprint density at radius 1 is 1.53 bits per heavy atom. The molecule has 0 aromatic carbocycles. The summed E-state index contributed by atoms with van der Waals surface area (Å²) in [4.78, 5) is 26.0. The Bertz CT molecular complexity index is 539. The minimum absolute atomic E-state index is 0.200. The van der Waals surface area contributed by atoms with Gasteiger partial charge in [-0.15, -0.1) is 0 Å². The molecule has 1 atom stereocenters. The van der Waals surface area contributed by atoms with Crippen molar-refractivity contribution in [3.05, 3.63) is 28.0 Å². The minimum atomic E-state index is -0.921. The molecule has 1 saturated heterocycles. The van der Waals surface area contributed by atoms with Gasteiger partial charge < -0.3 is 14.7 Å². The maximum atomic E-state index is 11.2. The van der Waals surface area contributed by atoms with Crippen LogP contribution >= 0.6 is 0 Å². The standard InChI is InChI=1S/C11H12N2O4/c14-8-2-1-7-5-11(17-9(7)12-8)3-4-13(6-11)10(15)16/h1-2H,3-6H2,(H,12,14)(H,15,16). The van der Waals surface area contributed by atoms with Crippen molar-refractivity contribution in [2.45, 2.75) is 18.4 Å². The van der Waals surface area contributed by atoms with E-state index in [-0.39, 0.29) is 5.56 Å². The van der Waals surface area contributed by atoms with Crippen LogP contribution in [0.3, 0.4) is 0 Å². The molecule has 0 radical (unpaired) electrons. The second-order valence-electron chi connectivity index (χ2n) is 4.59. The summed E-state index contributed by atoms with van der Waals surface area (Å²) >= 11 is 0. The van der Waals surface area contributed by atoms with Gasteiger partial charge in [0.15, 0.2) is 5.88 Å². The van der Waals surface area contributed by atoms with E-state index in [1.54, 1.807) is 6.07 Å². The molecule has 2 N–H and O–H groups in total. The monoisotopic (exact) mass is 236 g/mol. The molecule has 6 heteroatoms. The van der Waals surface area contributed by atoms with Crippen molar-refractivity contribution in [1.82, 2.24) is 9.88 Å². The quantitative estimate of drug-likeness (QED) is 0.684. The fourth-order valence-corrected chi connectivity index (χ4v) is 2.55. The number of carboxylic acid groups (broad SMARTS) is 1. The van der Waals surface area contributed by atoms with Gasteiger partial charge in [0, 0.05) is 31.0 Å². The summed E-state index contributed by atoms with van der Waals surface area (Å²) in [6, 6.07) is 3.21. The van der Waals surface area contributed by atoms with Crippen molar-refractivity contribution in [3.8, 4) is 5.88 Å². The SMILES string of the molecule is O=C(O)N1CCC2(Cc3ccc(=O)[nH]c3O2)C1. The zero-order valence-electron chi connectivity index (χ0n) is 9.10. The van der Waals surface area contributed by atoms with E-state index in [1.807, 2.05) is 0 Å². The van der Waals surface area contributed by atoms with Crippen LogP contribution < -0.4 is 10.3 Å². The van der Waals surface area contributed by atoms with E-state index in [1.165, 1.54) is 11.0 Å². The molecule has 1 aromatic heterocycles. The van der Waals surface area contributed by atoms with Crippen molar-refractivity contribution >= 4 is 6.09 Å². The number of hydrogen-bond acceptors (Lipinski definition) is 3. The molecule has 3 rings (SSSR count). The first-order valence-electron chi connectivity index (χ1n) is 5.47. The maximum absolute atomic E-state index is 11.2. The van der Waals surface area contributed by atoms with E-state index in [0.717, 1.165) is 5.56 Å². The number of likely N-dealkylation sites (tertiary alicyclic amines) is 1. The van der Waals surface area contributed by atoms with Gasteiger partial charge in [0.1, 0.15) is 5.60 Å². The van der Waals surface area contributed by atoms with Gasteiger partial charge in [0.25, 0.3) is 5.56 Å². The smallest absolute Gasteiger partial charge is 0.407 e. The predicted octanol–water partition coefficient (Wildman–Crippen LogP) is 0.432. The van der Waals surface area contributed by atoms with Crippen LogP contribution in [-0.4, -0.2) is 39.8 Å². The summed E-state index contributed by atoms with van der Waals surface area (Å²) in [5.41, 5.74) is 0.260. The van der Waals surface area contributed by atoms with Crippen molar-refractivity contribution in [2.75, 3.05) is 13.1 Å². The molecule has 1 amide bonds. The minimum Gasteiger partial charge on any atom is -0.470 e. The molecule has 3 heterocycles. The number of amides is 1. The largest absolute Gasteiger partial charge is 0.470 e. The number of rotatable bonds is 0. The molecule has 1 fully saturated rings. The summed E-state index contributed by atoms with van der Waals surface area (Å²) in [5, 5.41) is 8.93. The molecule has 1 unspecified atom stereocenters. The van der Waals surface area contributed by atoms with E-state index < -0.39 is 11.7 Å². The molecule has 1 aromatic rings. The number of pyridine rings is 1. The lowest BCUT2D eigenvalue weighted by Crippen LogP contribution is -2.39. The molecule has 2 aliphatic heterocycles. The normalized spacial score (nSPS) is 26.0. The number of fused-ring (bicyclic) bond motifs is 1. The number of nitrogens with zero attached hydrogens (tertiary/aromatic N) is 1. The van der Waals surface area contributed by atoms with Gasteiger partial charge in [-0.05, 0) is 6.07 Å². The number of hydrogen-bond donors (Lipinski definition) is 2. The molecule has 0 aliphatic carbocycles. The molecule has 90 valence electrons. The lowest BCUT2D eigenvalue weighted by Gasteiger charge is -2.22. The second-order valence-corrected chi connectivity index (χ2v) is 4.59. The van der Waals surface area contributed by atoms with E-state index in [0.29, 0.717) is 31.8 Å². The summed E-state index contributed by atoms with van der Waals surface area (Å²) in [6.07, 6.45) is 0.397. The van der Waals surface area contributed by atoms with Gasteiger partial charge in [-0.25, -0.2) is 4.79 Å². The maximum Gasteiger partial charge on any atom is 0.407 e. The summed E-state index contributed by atoms with van der Waals surface area (Å²) < 4.78 is 5.76. The summed E-state index contributed by atoms with van der Waals surface area (Å²) in [5.74, 6) is 0.490. The van der Waals surface area contributed by atoms with Crippen molar-refractivity contribution < 1.29 is 14.6 Å². The second kappa shape index (κ2) is 3.26. The molecular formula is C11H12N2O4. The first kappa shape index (κ1) is 10.2. The van der Waals surface area contributed by atoms with Crippen LogP contribution in [-0.2, 0) is 6.42 Å². The van der Waals surface area contributed by atoms with Crippen LogP contribution in [0.4, 0.5) is 4.79 Å². The highest BCUT2D eigenvalue weighted by Crippen LogP contribution is 2.38. The third-order valence-corrected chi connectivity index (χ3v) is 3.38. The Labute approximate surface area is 96.8 Å². The Hall–Kier alpha value is -1.98. The van der Waals surface area contributed by atoms with Gasteiger partial charge in [-0.3, -0.25) is 9.78 Å². The van der Waals surface area contributed by atoms with Gasteiger partial charge in [-0.1, -0.05) is 0 Å². The highest BCUT2D eigenvalue weighted by Gasteiger charge is 2.46. The van der Waals surface area contributed by atoms with Crippen LogP contribution in [0.25, 0.3) is 0 Å². The summed E-state index contributed by atoms with van der Waals surface area (Å²) in [7, 11) is 0. The Balaban J connectivity index is 1.87. The highest BCUT2D eigenvalue weighted by molar-refractivity contribution is 5.65. The number of ether oxygens (including phenoxy) is 1. The predicted molar refractivity (Wildman–Crippen MR) is 58.3 cm³/mol. The van der Waals surface area contributed by atoms with Crippen molar-refractivity contribution in [3.63, 3.8) is 0 Å². The van der Waals surface area contributed by atoms with Crippen molar-refractivity contribution in [1.29, 1.82) is 0 Å². The van der Waals surface area contributed by atoms with Gasteiger partial charge >= 0.3 is 6.09 Å². The number of nitrogens with one attached hydrogen (secondary N) is 1. The Morgan fingerprint density at radius 2 is 2.35 bits per heavy atom. The number of aromatic nitrogens is 1. The number of H-pyrrole nitrogens is 1. The molecular weight excluding hydrogens is 224 g/mol. The van der Waals surface area contributed by atoms with E-state index in [9.17, 15) is 9.59 Å². The fraction of sp³-hybridized carbons (Fsp3) is 0.455.